The lowest BCUT2D eigenvalue weighted by Gasteiger charge is -2.02. The molecule has 0 aliphatic rings. The van der Waals surface area contributed by atoms with E-state index in [9.17, 15) is 4.57 Å². The van der Waals surface area contributed by atoms with Crippen LogP contribution in [0.4, 0.5) is 0 Å². The number of hydrogen-bond donors (Lipinski definition) is 0. The van der Waals surface area contributed by atoms with Gasteiger partial charge in [-0.2, -0.15) is 0 Å². The molecule has 3 nitrogen and oxygen atoms in total. The smallest absolute Gasteiger partial charge is 0.238 e. The average molecular weight is 331 g/mol. The van der Waals surface area contributed by atoms with Crippen LogP contribution in [0, 0.1) is 0 Å². The zero-order valence-electron chi connectivity index (χ0n) is 14.7. The summed E-state index contributed by atoms with van der Waals surface area (Å²) in [6.45, 7) is 4.49. The van der Waals surface area contributed by atoms with Crippen molar-refractivity contribution in [1.29, 1.82) is 0 Å². The molecule has 0 aromatic heterocycles. The van der Waals surface area contributed by atoms with E-state index in [-0.39, 0.29) is 0 Å². The van der Waals surface area contributed by atoms with Crippen LogP contribution in [0.2, 0.25) is 0 Å². The second-order valence-corrected chi connectivity index (χ2v) is 6.71. The van der Waals surface area contributed by atoms with Gasteiger partial charge in [0, 0.05) is 4.57 Å². The molecule has 4 heteroatoms. The highest BCUT2D eigenvalue weighted by molar-refractivity contribution is 7.33. The molecule has 1 unspecified atom stereocenters. The molecule has 0 spiro atoms. The van der Waals surface area contributed by atoms with E-state index in [1.807, 2.05) is 6.08 Å². The van der Waals surface area contributed by atoms with Gasteiger partial charge in [-0.3, -0.25) is 0 Å². The molecule has 0 heterocycles. The van der Waals surface area contributed by atoms with Crippen LogP contribution in [0.25, 0.3) is 0 Å². The summed E-state index contributed by atoms with van der Waals surface area (Å²) in [6, 6.07) is 0. The van der Waals surface area contributed by atoms with Gasteiger partial charge in [0.25, 0.3) is 0 Å². The Morgan fingerprint density at radius 2 is 1.27 bits per heavy atom. The van der Waals surface area contributed by atoms with Crippen LogP contribution < -0.4 is 0 Å². The van der Waals surface area contributed by atoms with Gasteiger partial charge < -0.3 is 0 Å². The highest BCUT2D eigenvalue weighted by Gasteiger charge is 2.16. The third kappa shape index (κ3) is 17.7. The first-order valence-corrected chi connectivity index (χ1v) is 10.3. The maximum atomic E-state index is 11.0. The van der Waals surface area contributed by atoms with E-state index in [4.69, 9.17) is 9.05 Å². The molecule has 0 fully saturated rings. The van der Waals surface area contributed by atoms with Gasteiger partial charge in [-0.15, -0.1) is 4.52 Å². The number of allylic oxidation sites excluding steroid dienone is 1. The lowest BCUT2D eigenvalue weighted by molar-refractivity contribution is 0.285. The molecule has 0 bridgehead atoms. The fraction of sp³-hybridized carbons (Fsp3) is 0.889. The van der Waals surface area contributed by atoms with Crippen LogP contribution in [-0.2, 0) is 13.6 Å². The van der Waals surface area contributed by atoms with Crippen molar-refractivity contribution in [2.24, 2.45) is 0 Å². The largest absolute Gasteiger partial charge is 0.749 e. The average Bonchev–Trinajstić information content (AvgIpc) is 2.51. The Kier molecular flexibility index (Phi) is 18.3. The Bertz CT molecular complexity index is 267. The minimum atomic E-state index is -1.96. The first-order chi connectivity index (χ1) is 10.8. The summed E-state index contributed by atoms with van der Waals surface area (Å²) in [7, 11) is -1.96. The van der Waals surface area contributed by atoms with E-state index in [0.717, 1.165) is 6.42 Å². The third-order valence-electron chi connectivity index (χ3n) is 3.70. The minimum Gasteiger partial charge on any atom is -0.238 e. The van der Waals surface area contributed by atoms with Crippen LogP contribution in [0.3, 0.4) is 0 Å². The van der Waals surface area contributed by atoms with Gasteiger partial charge in [0.1, 0.15) is 12.9 Å². The predicted octanol–water partition coefficient (Wildman–Crippen LogP) is 7.30. The second-order valence-electron chi connectivity index (χ2n) is 5.80. The molecule has 130 valence electrons. The summed E-state index contributed by atoms with van der Waals surface area (Å²) < 4.78 is 20.7. The second kappa shape index (κ2) is 18.6. The van der Waals surface area contributed by atoms with Crippen LogP contribution in [0.5, 0.6) is 0 Å². The highest BCUT2D eigenvalue weighted by atomic mass is 31.1. The highest BCUT2D eigenvalue weighted by Crippen LogP contribution is 2.23. The summed E-state index contributed by atoms with van der Waals surface area (Å²) in [5.74, 6) is 0. The Morgan fingerprint density at radius 3 is 1.77 bits per heavy atom. The maximum absolute atomic E-state index is 11.0. The van der Waals surface area contributed by atoms with Gasteiger partial charge in [-0.05, 0) is 25.8 Å². The van der Waals surface area contributed by atoms with Crippen molar-refractivity contribution in [2.45, 2.75) is 97.3 Å². The molecule has 0 saturated carbocycles. The van der Waals surface area contributed by atoms with E-state index in [1.165, 1.54) is 83.3 Å². The SMILES string of the molecule is CCCCCCCCCCCCCC/C=C/O[P+](=O)OCC. The molecule has 0 aromatic rings. The van der Waals surface area contributed by atoms with Crippen molar-refractivity contribution in [1.82, 2.24) is 0 Å². The van der Waals surface area contributed by atoms with Gasteiger partial charge in [0.05, 0.1) is 0 Å². The monoisotopic (exact) mass is 331 g/mol. The van der Waals surface area contributed by atoms with Crippen LogP contribution >= 0.6 is 8.25 Å². The Morgan fingerprint density at radius 1 is 0.773 bits per heavy atom. The minimum absolute atomic E-state index is 0.418. The van der Waals surface area contributed by atoms with Gasteiger partial charge in [-0.1, -0.05) is 77.6 Å². The van der Waals surface area contributed by atoms with Crippen molar-refractivity contribution >= 4 is 8.25 Å². The molecule has 1 atom stereocenters. The maximum Gasteiger partial charge on any atom is 0.749 e. The third-order valence-corrected chi connectivity index (χ3v) is 4.46. The fourth-order valence-corrected chi connectivity index (χ4v) is 2.86. The molecule has 0 rings (SSSR count). The fourth-order valence-electron chi connectivity index (χ4n) is 2.40. The lowest BCUT2D eigenvalue weighted by atomic mass is 10.0. The lowest BCUT2D eigenvalue weighted by Crippen LogP contribution is -1.82. The van der Waals surface area contributed by atoms with Crippen molar-refractivity contribution in [3.05, 3.63) is 12.3 Å². The summed E-state index contributed by atoms with van der Waals surface area (Å²) >= 11 is 0. The number of unbranched alkanes of at least 4 members (excludes halogenated alkanes) is 12. The molecule has 0 saturated heterocycles. The van der Waals surface area contributed by atoms with E-state index < -0.39 is 8.25 Å². The van der Waals surface area contributed by atoms with Crippen molar-refractivity contribution in [3.63, 3.8) is 0 Å². The molecule has 22 heavy (non-hydrogen) atoms. The van der Waals surface area contributed by atoms with Gasteiger partial charge >= 0.3 is 8.25 Å². The first-order valence-electron chi connectivity index (χ1n) is 9.23. The molecular weight excluding hydrogens is 295 g/mol. The Hall–Kier alpha value is -0.400. The van der Waals surface area contributed by atoms with Crippen LogP contribution in [-0.4, -0.2) is 6.61 Å². The number of rotatable bonds is 17. The predicted molar refractivity (Wildman–Crippen MR) is 95.2 cm³/mol. The molecular formula is C18H36O3P+. The van der Waals surface area contributed by atoms with Crippen molar-refractivity contribution in [3.8, 4) is 0 Å². The molecule has 0 aliphatic heterocycles. The zero-order valence-corrected chi connectivity index (χ0v) is 15.6. The van der Waals surface area contributed by atoms with Gasteiger partial charge in [0.15, 0.2) is 0 Å². The van der Waals surface area contributed by atoms with Crippen molar-refractivity contribution in [2.75, 3.05) is 6.61 Å². The summed E-state index contributed by atoms with van der Waals surface area (Å²) in [4.78, 5) is 0. The van der Waals surface area contributed by atoms with Crippen LogP contribution in [0.1, 0.15) is 97.3 Å². The molecule has 0 amide bonds. The van der Waals surface area contributed by atoms with E-state index in [0.29, 0.717) is 6.61 Å². The molecule has 0 aliphatic carbocycles. The Balaban J connectivity index is 3.11. The topological polar surface area (TPSA) is 35.5 Å². The van der Waals surface area contributed by atoms with Crippen molar-refractivity contribution < 1.29 is 13.6 Å². The summed E-state index contributed by atoms with van der Waals surface area (Å²) in [5.41, 5.74) is 0. The summed E-state index contributed by atoms with van der Waals surface area (Å²) in [6.07, 6.45) is 20.8. The molecule has 0 radical (unpaired) electrons. The zero-order chi connectivity index (χ0) is 16.3. The van der Waals surface area contributed by atoms with E-state index in [2.05, 4.69) is 6.92 Å². The van der Waals surface area contributed by atoms with Gasteiger partial charge in [-0.25, -0.2) is 4.52 Å². The van der Waals surface area contributed by atoms with E-state index >= 15 is 0 Å². The normalized spacial score (nSPS) is 12.0. The quantitative estimate of drug-likeness (QED) is 0.159. The Labute approximate surface area is 138 Å². The standard InChI is InChI=1S/C18H36O3P/c1-3-5-6-7-8-9-10-11-12-13-14-15-16-17-18-21-22(19)20-4-2/h17-18H,3-16H2,1-2H3/q+1/b18-17+. The van der Waals surface area contributed by atoms with Crippen LogP contribution in [0.15, 0.2) is 12.3 Å². The molecule has 0 N–H and O–H groups in total. The molecule has 0 aromatic carbocycles. The van der Waals surface area contributed by atoms with Gasteiger partial charge in [0.2, 0.25) is 0 Å². The summed E-state index contributed by atoms with van der Waals surface area (Å²) in [5, 5.41) is 0. The number of hydrogen-bond acceptors (Lipinski definition) is 3. The first kappa shape index (κ1) is 21.6. The van der Waals surface area contributed by atoms with E-state index in [1.54, 1.807) is 6.92 Å².